The number of carbonyl (C=O) groups is 1. The van der Waals surface area contributed by atoms with E-state index < -0.39 is 23.5 Å². The summed E-state index contributed by atoms with van der Waals surface area (Å²) in [6, 6.07) is 8.87. The van der Waals surface area contributed by atoms with E-state index in [-0.39, 0.29) is 28.3 Å². The second-order valence-corrected chi connectivity index (χ2v) is 6.40. The van der Waals surface area contributed by atoms with E-state index in [2.05, 4.69) is 20.4 Å². The van der Waals surface area contributed by atoms with Gasteiger partial charge in [0.25, 0.3) is 5.91 Å². The molecule has 0 spiro atoms. The third-order valence-corrected chi connectivity index (χ3v) is 4.36. The molecule has 3 heterocycles. The maximum absolute atomic E-state index is 13.4. The molecule has 0 saturated heterocycles. The number of hydrogen-bond donors (Lipinski definition) is 1. The lowest BCUT2D eigenvalue weighted by Crippen LogP contribution is -2.14. The van der Waals surface area contributed by atoms with Gasteiger partial charge in [-0.3, -0.25) is 4.79 Å². The van der Waals surface area contributed by atoms with Crippen molar-refractivity contribution in [2.45, 2.75) is 13.1 Å². The number of halogens is 4. The van der Waals surface area contributed by atoms with Gasteiger partial charge < -0.3 is 5.32 Å². The molecule has 1 aromatic carbocycles. The summed E-state index contributed by atoms with van der Waals surface area (Å²) in [6.07, 6.45) is -2.18. The highest BCUT2D eigenvalue weighted by molar-refractivity contribution is 6.08. The van der Waals surface area contributed by atoms with Crippen LogP contribution in [-0.2, 0) is 6.18 Å². The number of pyridine rings is 1. The van der Waals surface area contributed by atoms with Crippen LogP contribution in [0.25, 0.3) is 16.9 Å². The molecule has 4 aromatic rings. The monoisotopic (exact) mass is 415 g/mol. The maximum atomic E-state index is 13.4. The lowest BCUT2D eigenvalue weighted by atomic mass is 10.0. The summed E-state index contributed by atoms with van der Waals surface area (Å²) in [5.74, 6) is -1.07. The average Bonchev–Trinajstić information content (AvgIpc) is 3.04. The van der Waals surface area contributed by atoms with Gasteiger partial charge in [0.2, 0.25) is 0 Å². The third-order valence-electron chi connectivity index (χ3n) is 4.36. The van der Waals surface area contributed by atoms with Gasteiger partial charge in [0.1, 0.15) is 17.2 Å². The molecule has 0 saturated carbocycles. The molecule has 0 atom stereocenters. The summed E-state index contributed by atoms with van der Waals surface area (Å²) in [7, 11) is 0. The summed E-state index contributed by atoms with van der Waals surface area (Å²) in [6.45, 7) is 1.57. The zero-order valence-corrected chi connectivity index (χ0v) is 15.4. The van der Waals surface area contributed by atoms with E-state index in [1.165, 1.54) is 41.0 Å². The molecule has 1 amide bonds. The fourth-order valence-electron chi connectivity index (χ4n) is 3.04. The number of aryl methyl sites for hydroxylation is 1. The van der Waals surface area contributed by atoms with E-state index in [9.17, 15) is 22.4 Å². The number of nitrogens with zero attached hydrogens (tertiary/aromatic N) is 4. The van der Waals surface area contributed by atoms with Crippen molar-refractivity contribution < 1.29 is 22.4 Å². The third kappa shape index (κ3) is 3.59. The molecule has 10 heteroatoms. The molecule has 0 aliphatic carbocycles. The van der Waals surface area contributed by atoms with Crippen molar-refractivity contribution >= 4 is 17.4 Å². The van der Waals surface area contributed by atoms with Gasteiger partial charge >= 0.3 is 6.18 Å². The van der Waals surface area contributed by atoms with Crippen LogP contribution in [0.3, 0.4) is 0 Å². The summed E-state index contributed by atoms with van der Waals surface area (Å²) < 4.78 is 54.5. The number of anilines is 1. The van der Waals surface area contributed by atoms with Crippen LogP contribution in [0.15, 0.2) is 54.9 Å². The summed E-state index contributed by atoms with van der Waals surface area (Å²) in [4.78, 5) is 20.8. The first-order valence-corrected chi connectivity index (χ1v) is 8.69. The van der Waals surface area contributed by atoms with E-state index >= 15 is 0 Å². The van der Waals surface area contributed by atoms with Crippen LogP contribution in [0.4, 0.5) is 23.4 Å². The van der Waals surface area contributed by atoms with Crippen molar-refractivity contribution in [1.29, 1.82) is 0 Å². The lowest BCUT2D eigenvalue weighted by Gasteiger charge is -2.12. The molecule has 0 bridgehead atoms. The Morgan fingerprint density at radius 2 is 1.87 bits per heavy atom. The molecule has 3 aromatic heterocycles. The second kappa shape index (κ2) is 7.21. The van der Waals surface area contributed by atoms with Crippen LogP contribution < -0.4 is 5.32 Å². The summed E-state index contributed by atoms with van der Waals surface area (Å²) >= 11 is 0. The van der Waals surface area contributed by atoms with Crippen LogP contribution in [0.2, 0.25) is 0 Å². The standard InChI is InChI=1S/C20H13F4N5O/c1-11-17(19(30)27-16-7-6-12(21)10-25-16)18-26-15(8-9-29(18)28-11)13-4-2-3-5-14(13)20(22,23)24/h2-10H,1H3,(H,25,27,30). The van der Waals surface area contributed by atoms with Crippen molar-refractivity contribution in [2.75, 3.05) is 5.32 Å². The number of carbonyl (C=O) groups excluding carboxylic acids is 1. The quantitative estimate of drug-likeness (QED) is 0.500. The van der Waals surface area contributed by atoms with E-state index in [1.807, 2.05) is 0 Å². The molecule has 6 nitrogen and oxygen atoms in total. The number of amides is 1. The fourth-order valence-corrected chi connectivity index (χ4v) is 3.04. The largest absolute Gasteiger partial charge is 0.417 e. The van der Waals surface area contributed by atoms with Gasteiger partial charge in [0.15, 0.2) is 5.65 Å². The smallest absolute Gasteiger partial charge is 0.306 e. The predicted octanol–water partition coefficient (Wildman–Crippen LogP) is 4.51. The number of nitrogens with one attached hydrogen (secondary N) is 1. The number of benzene rings is 1. The first-order chi connectivity index (χ1) is 14.2. The van der Waals surface area contributed by atoms with Crippen molar-refractivity contribution in [3.05, 3.63) is 77.5 Å². The zero-order valence-electron chi connectivity index (χ0n) is 15.4. The van der Waals surface area contributed by atoms with Gasteiger partial charge in [0.05, 0.1) is 23.1 Å². The Morgan fingerprint density at radius 1 is 1.10 bits per heavy atom. The first kappa shape index (κ1) is 19.5. The van der Waals surface area contributed by atoms with Crippen LogP contribution >= 0.6 is 0 Å². The predicted molar refractivity (Wildman–Crippen MR) is 100 cm³/mol. The zero-order chi connectivity index (χ0) is 21.5. The maximum Gasteiger partial charge on any atom is 0.417 e. The van der Waals surface area contributed by atoms with E-state index in [0.29, 0.717) is 5.69 Å². The number of rotatable bonds is 3. The minimum absolute atomic E-state index is 0.0456. The number of alkyl halides is 3. The van der Waals surface area contributed by atoms with Gasteiger partial charge in [-0.25, -0.2) is 18.9 Å². The Morgan fingerprint density at radius 3 is 2.57 bits per heavy atom. The highest BCUT2D eigenvalue weighted by Crippen LogP contribution is 2.36. The second-order valence-electron chi connectivity index (χ2n) is 6.40. The molecular formula is C20H13F4N5O. The van der Waals surface area contributed by atoms with Gasteiger partial charge in [-0.2, -0.15) is 18.3 Å². The van der Waals surface area contributed by atoms with Crippen LogP contribution in [0.1, 0.15) is 21.6 Å². The van der Waals surface area contributed by atoms with Gasteiger partial charge in [-0.15, -0.1) is 0 Å². The molecule has 0 aliphatic rings. The first-order valence-electron chi connectivity index (χ1n) is 8.69. The van der Waals surface area contributed by atoms with Crippen LogP contribution in [-0.4, -0.2) is 25.5 Å². The van der Waals surface area contributed by atoms with Crippen molar-refractivity contribution in [2.24, 2.45) is 0 Å². The van der Waals surface area contributed by atoms with Gasteiger partial charge in [0, 0.05) is 11.8 Å². The molecule has 152 valence electrons. The molecule has 0 radical (unpaired) electrons. The molecule has 0 fully saturated rings. The van der Waals surface area contributed by atoms with Gasteiger partial charge in [-0.1, -0.05) is 18.2 Å². The minimum Gasteiger partial charge on any atom is -0.306 e. The van der Waals surface area contributed by atoms with E-state index in [4.69, 9.17) is 0 Å². The average molecular weight is 415 g/mol. The molecule has 1 N–H and O–H groups in total. The number of aromatic nitrogens is 4. The van der Waals surface area contributed by atoms with Crippen LogP contribution in [0.5, 0.6) is 0 Å². The number of hydrogen-bond acceptors (Lipinski definition) is 4. The molecular weight excluding hydrogens is 402 g/mol. The molecule has 30 heavy (non-hydrogen) atoms. The van der Waals surface area contributed by atoms with Crippen molar-refractivity contribution in [1.82, 2.24) is 19.6 Å². The minimum atomic E-state index is -4.56. The number of fused-ring (bicyclic) bond motifs is 1. The summed E-state index contributed by atoms with van der Waals surface area (Å²) in [5.41, 5.74) is -0.417. The Labute approximate surface area is 167 Å². The topological polar surface area (TPSA) is 72.2 Å². The van der Waals surface area contributed by atoms with E-state index in [0.717, 1.165) is 18.3 Å². The Balaban J connectivity index is 1.79. The summed E-state index contributed by atoms with van der Waals surface area (Å²) in [5, 5.41) is 6.70. The molecule has 0 unspecified atom stereocenters. The fraction of sp³-hybridized carbons (Fsp3) is 0.100. The Bertz CT molecular complexity index is 1250. The van der Waals surface area contributed by atoms with Crippen LogP contribution in [0, 0.1) is 12.7 Å². The van der Waals surface area contributed by atoms with Gasteiger partial charge in [-0.05, 0) is 31.2 Å². The molecule has 0 aliphatic heterocycles. The SMILES string of the molecule is Cc1nn2ccc(-c3ccccc3C(F)(F)F)nc2c1C(=O)Nc1ccc(F)cn1. The molecule has 4 rings (SSSR count). The highest BCUT2D eigenvalue weighted by atomic mass is 19.4. The van der Waals surface area contributed by atoms with Crippen molar-refractivity contribution in [3.8, 4) is 11.3 Å². The van der Waals surface area contributed by atoms with Crippen molar-refractivity contribution in [3.63, 3.8) is 0 Å². The lowest BCUT2D eigenvalue weighted by molar-refractivity contribution is -0.137. The normalized spacial score (nSPS) is 11.6. The Hall–Kier alpha value is -3.82. The Kier molecular flexibility index (Phi) is 4.69. The van der Waals surface area contributed by atoms with E-state index in [1.54, 1.807) is 6.92 Å². The highest BCUT2D eigenvalue weighted by Gasteiger charge is 2.33.